The molecular weight excluding hydrogens is 390 g/mol. The fourth-order valence-corrected chi connectivity index (χ4v) is 4.07. The van der Waals surface area contributed by atoms with Crippen molar-refractivity contribution in [3.8, 4) is 5.75 Å². The molecule has 0 radical (unpaired) electrons. The summed E-state index contributed by atoms with van der Waals surface area (Å²) < 4.78 is 6.59. The smallest absolute Gasteiger partial charge is 0.270 e. The second-order valence-electron chi connectivity index (χ2n) is 5.80. The second kappa shape index (κ2) is 9.32. The number of hydrogen-bond acceptors (Lipinski definition) is 6. The lowest BCUT2D eigenvalue weighted by Gasteiger charge is -2.21. The van der Waals surface area contributed by atoms with E-state index >= 15 is 0 Å². The molecule has 3 aromatic rings. The van der Waals surface area contributed by atoms with Crippen molar-refractivity contribution < 1.29 is 9.53 Å². The Morgan fingerprint density at radius 3 is 2.69 bits per heavy atom. The summed E-state index contributed by atoms with van der Waals surface area (Å²) in [6, 6.07) is 9.60. The maximum atomic E-state index is 12.9. The molecule has 0 atom stereocenters. The highest BCUT2D eigenvalue weighted by Gasteiger charge is 2.22. The lowest BCUT2D eigenvalue weighted by Crippen LogP contribution is -2.36. The monoisotopic (exact) mass is 411 g/mol. The first-order valence-corrected chi connectivity index (χ1v) is 9.81. The first-order chi connectivity index (χ1) is 12.1. The summed E-state index contributed by atoms with van der Waals surface area (Å²) in [5.41, 5.74) is 0.886. The van der Waals surface area contributed by atoms with E-state index in [1.807, 2.05) is 56.7 Å². The number of nitrogens with zero attached hydrogens (tertiary/aromatic N) is 3. The number of likely N-dealkylation sites (N-methyl/N-ethyl adjacent to an activating group) is 1. The minimum atomic E-state index is 0. The minimum Gasteiger partial charge on any atom is -0.494 e. The zero-order chi connectivity index (χ0) is 17.8. The van der Waals surface area contributed by atoms with Gasteiger partial charge in [0.2, 0.25) is 0 Å². The lowest BCUT2D eigenvalue weighted by atomic mass is 10.3. The van der Waals surface area contributed by atoms with Crippen molar-refractivity contribution in [1.29, 1.82) is 0 Å². The normalized spacial score (nSPS) is 10.8. The Balaban J connectivity index is 0.00000243. The molecule has 3 rings (SSSR count). The van der Waals surface area contributed by atoms with Gasteiger partial charge in [0.25, 0.3) is 5.91 Å². The highest BCUT2D eigenvalue weighted by atomic mass is 35.5. The standard InChI is InChI=1S/C18H21N3O2S2.ClH/c1-4-23-13-7-8-14-16(12-13)25-18(19-14)21(10-9-20(2)3)17(22)15-6-5-11-24-15;/h5-8,11-12H,4,9-10H2,1-3H3;1H. The van der Waals surface area contributed by atoms with Crippen LogP contribution in [0.25, 0.3) is 10.2 Å². The molecule has 2 aromatic heterocycles. The zero-order valence-corrected chi connectivity index (χ0v) is 17.4. The minimum absolute atomic E-state index is 0. The number of thiophene rings is 1. The molecule has 0 aliphatic heterocycles. The largest absolute Gasteiger partial charge is 0.494 e. The number of carbonyl (C=O) groups is 1. The van der Waals surface area contributed by atoms with Crippen molar-refractivity contribution in [2.75, 3.05) is 38.7 Å². The van der Waals surface area contributed by atoms with Gasteiger partial charge in [-0.25, -0.2) is 4.98 Å². The molecule has 5 nitrogen and oxygen atoms in total. The van der Waals surface area contributed by atoms with Crippen molar-refractivity contribution in [2.45, 2.75) is 6.92 Å². The Labute approximate surface area is 167 Å². The molecule has 0 fully saturated rings. The van der Waals surface area contributed by atoms with Crippen LogP contribution in [0.3, 0.4) is 0 Å². The summed E-state index contributed by atoms with van der Waals surface area (Å²) in [6.07, 6.45) is 0. The highest BCUT2D eigenvalue weighted by Crippen LogP contribution is 2.32. The maximum Gasteiger partial charge on any atom is 0.270 e. The summed E-state index contributed by atoms with van der Waals surface area (Å²) in [5.74, 6) is 0.829. The van der Waals surface area contributed by atoms with Crippen molar-refractivity contribution in [1.82, 2.24) is 9.88 Å². The zero-order valence-electron chi connectivity index (χ0n) is 15.0. The van der Waals surface area contributed by atoms with E-state index in [9.17, 15) is 4.79 Å². The van der Waals surface area contributed by atoms with Crippen LogP contribution in [-0.2, 0) is 0 Å². The van der Waals surface area contributed by atoms with Gasteiger partial charge in [-0.3, -0.25) is 9.69 Å². The third-order valence-electron chi connectivity index (χ3n) is 3.64. The van der Waals surface area contributed by atoms with Crippen LogP contribution in [0.2, 0.25) is 0 Å². The Morgan fingerprint density at radius 2 is 2.04 bits per heavy atom. The molecule has 2 heterocycles. The third-order valence-corrected chi connectivity index (χ3v) is 5.54. The van der Waals surface area contributed by atoms with Gasteiger partial charge >= 0.3 is 0 Å². The molecule has 0 aliphatic carbocycles. The van der Waals surface area contributed by atoms with Gasteiger partial charge in [0.15, 0.2) is 5.13 Å². The van der Waals surface area contributed by atoms with Crippen LogP contribution in [-0.4, -0.2) is 49.6 Å². The summed E-state index contributed by atoms with van der Waals surface area (Å²) in [6.45, 7) is 3.97. The van der Waals surface area contributed by atoms with Crippen molar-refractivity contribution in [3.05, 3.63) is 40.6 Å². The van der Waals surface area contributed by atoms with E-state index in [1.165, 1.54) is 22.7 Å². The summed E-state index contributed by atoms with van der Waals surface area (Å²) in [7, 11) is 4.00. The van der Waals surface area contributed by atoms with Gasteiger partial charge in [0, 0.05) is 13.1 Å². The molecule has 1 aromatic carbocycles. The van der Waals surface area contributed by atoms with Crippen molar-refractivity contribution in [3.63, 3.8) is 0 Å². The molecule has 1 amide bonds. The fraction of sp³-hybridized carbons (Fsp3) is 0.333. The highest BCUT2D eigenvalue weighted by molar-refractivity contribution is 7.22. The van der Waals surface area contributed by atoms with Crippen LogP contribution in [0, 0.1) is 0 Å². The van der Waals surface area contributed by atoms with E-state index in [4.69, 9.17) is 4.74 Å². The number of hydrogen-bond donors (Lipinski definition) is 0. The number of amides is 1. The van der Waals surface area contributed by atoms with Gasteiger partial charge in [0.05, 0.1) is 21.7 Å². The van der Waals surface area contributed by atoms with Gasteiger partial charge in [-0.1, -0.05) is 17.4 Å². The topological polar surface area (TPSA) is 45.7 Å². The number of rotatable bonds is 7. The second-order valence-corrected chi connectivity index (χ2v) is 7.75. The van der Waals surface area contributed by atoms with Crippen LogP contribution in [0.4, 0.5) is 5.13 Å². The number of ether oxygens (including phenoxy) is 1. The average molecular weight is 412 g/mol. The summed E-state index contributed by atoms with van der Waals surface area (Å²) in [4.78, 5) is 22.2. The average Bonchev–Trinajstić information content (AvgIpc) is 3.24. The van der Waals surface area contributed by atoms with Crippen LogP contribution < -0.4 is 9.64 Å². The molecule has 0 aliphatic rings. The van der Waals surface area contributed by atoms with Gasteiger partial charge < -0.3 is 9.64 Å². The molecule has 8 heteroatoms. The quantitative estimate of drug-likeness (QED) is 0.578. The number of thiazole rings is 1. The Bertz CT molecular complexity index is 849. The Hall–Kier alpha value is -1.67. The van der Waals surface area contributed by atoms with Crippen molar-refractivity contribution in [2.24, 2.45) is 0 Å². The van der Waals surface area contributed by atoms with Crippen LogP contribution >= 0.6 is 35.1 Å². The van der Waals surface area contributed by atoms with E-state index in [-0.39, 0.29) is 18.3 Å². The molecular formula is C18H22ClN3O2S2. The Kier molecular flexibility index (Phi) is 7.40. The van der Waals surface area contributed by atoms with E-state index in [0.717, 1.165) is 32.5 Å². The summed E-state index contributed by atoms with van der Waals surface area (Å²) in [5, 5.41) is 2.65. The van der Waals surface area contributed by atoms with Gasteiger partial charge in [-0.05, 0) is 50.7 Å². The Morgan fingerprint density at radius 1 is 1.23 bits per heavy atom. The number of halogens is 1. The predicted octanol–water partition coefficient (Wildman–Crippen LogP) is 4.39. The molecule has 26 heavy (non-hydrogen) atoms. The van der Waals surface area contributed by atoms with Crippen molar-refractivity contribution >= 4 is 56.3 Å². The predicted molar refractivity (Wildman–Crippen MR) is 113 cm³/mol. The molecule has 0 unspecified atom stereocenters. The number of carbonyl (C=O) groups excluding carboxylic acids is 1. The van der Waals surface area contributed by atoms with Crippen LogP contribution in [0.15, 0.2) is 35.7 Å². The maximum absolute atomic E-state index is 12.9. The van der Waals surface area contributed by atoms with E-state index < -0.39 is 0 Å². The third kappa shape index (κ3) is 4.73. The molecule has 0 saturated heterocycles. The molecule has 0 spiro atoms. The molecule has 0 bridgehead atoms. The van der Waals surface area contributed by atoms with Gasteiger partial charge in [0.1, 0.15) is 5.75 Å². The van der Waals surface area contributed by atoms with Gasteiger partial charge in [-0.15, -0.1) is 23.7 Å². The fourth-order valence-electron chi connectivity index (χ4n) is 2.38. The summed E-state index contributed by atoms with van der Waals surface area (Å²) >= 11 is 2.98. The first-order valence-electron chi connectivity index (χ1n) is 8.12. The number of aromatic nitrogens is 1. The van der Waals surface area contributed by atoms with E-state index in [1.54, 1.807) is 4.90 Å². The van der Waals surface area contributed by atoms with Gasteiger partial charge in [-0.2, -0.15) is 0 Å². The van der Waals surface area contributed by atoms with Crippen LogP contribution in [0.5, 0.6) is 5.75 Å². The number of anilines is 1. The molecule has 0 N–H and O–H groups in total. The number of fused-ring (bicyclic) bond motifs is 1. The van der Waals surface area contributed by atoms with E-state index in [2.05, 4.69) is 9.88 Å². The molecule has 140 valence electrons. The SMILES string of the molecule is CCOc1ccc2nc(N(CCN(C)C)C(=O)c3cccs3)sc2c1.Cl. The lowest BCUT2D eigenvalue weighted by molar-refractivity contribution is 0.0989. The number of benzene rings is 1. The first kappa shape index (κ1) is 20.6. The van der Waals surface area contributed by atoms with E-state index in [0.29, 0.717) is 13.2 Å². The molecule has 0 saturated carbocycles. The van der Waals surface area contributed by atoms with Crippen LogP contribution in [0.1, 0.15) is 16.6 Å².